The molecule has 108 valence electrons. The zero-order valence-electron chi connectivity index (χ0n) is 11.3. The van der Waals surface area contributed by atoms with Gasteiger partial charge in [-0.2, -0.15) is 4.98 Å². The quantitative estimate of drug-likeness (QED) is 0.747. The first-order valence-electron chi connectivity index (χ1n) is 6.33. The van der Waals surface area contributed by atoms with Gasteiger partial charge in [0.1, 0.15) is 5.52 Å². The lowest BCUT2D eigenvalue weighted by molar-refractivity contribution is 0.371. The molecule has 0 aliphatic heterocycles. The fourth-order valence-corrected chi connectivity index (χ4v) is 2.48. The molecule has 3 aromatic rings. The highest BCUT2D eigenvalue weighted by Crippen LogP contribution is 2.36. The van der Waals surface area contributed by atoms with E-state index in [0.29, 0.717) is 22.8 Å². The van der Waals surface area contributed by atoms with Crippen molar-refractivity contribution in [2.75, 3.05) is 12.4 Å². The molecule has 0 unspecified atom stereocenters. The second-order valence-electron chi connectivity index (χ2n) is 4.43. The van der Waals surface area contributed by atoms with Gasteiger partial charge in [0.15, 0.2) is 17.1 Å². The van der Waals surface area contributed by atoms with Crippen LogP contribution in [0.2, 0.25) is 0 Å². The number of ether oxygens (including phenoxy) is 1. The van der Waals surface area contributed by atoms with E-state index in [1.54, 1.807) is 6.07 Å². The zero-order chi connectivity index (χ0) is 14.8. The molecule has 1 heterocycles. The van der Waals surface area contributed by atoms with E-state index < -0.39 is 0 Å². The van der Waals surface area contributed by atoms with Crippen LogP contribution in [0.4, 0.5) is 6.01 Å². The van der Waals surface area contributed by atoms with Crippen LogP contribution >= 0.6 is 15.9 Å². The molecule has 0 spiro atoms. The van der Waals surface area contributed by atoms with E-state index >= 15 is 0 Å². The molecule has 5 nitrogen and oxygen atoms in total. The highest BCUT2D eigenvalue weighted by Gasteiger charge is 2.11. The van der Waals surface area contributed by atoms with Gasteiger partial charge >= 0.3 is 0 Å². The molecule has 0 aliphatic carbocycles. The van der Waals surface area contributed by atoms with Crippen LogP contribution in [0.5, 0.6) is 11.5 Å². The molecular formula is C15H13BrN2O3. The summed E-state index contributed by atoms with van der Waals surface area (Å²) in [5.41, 5.74) is 2.41. The number of aromatic nitrogens is 1. The summed E-state index contributed by atoms with van der Waals surface area (Å²) >= 11 is 3.36. The lowest BCUT2D eigenvalue weighted by atomic mass is 10.2. The van der Waals surface area contributed by atoms with Crippen molar-refractivity contribution in [3.05, 3.63) is 46.4 Å². The van der Waals surface area contributed by atoms with Gasteiger partial charge in [-0.25, -0.2) is 0 Å². The van der Waals surface area contributed by atoms with Crippen LogP contribution in [0.15, 0.2) is 45.3 Å². The van der Waals surface area contributed by atoms with Crippen LogP contribution in [0.25, 0.3) is 11.1 Å². The minimum Gasteiger partial charge on any atom is -0.503 e. The Morgan fingerprint density at radius 1 is 1.29 bits per heavy atom. The number of rotatable bonds is 4. The summed E-state index contributed by atoms with van der Waals surface area (Å²) in [5.74, 6) is 0.502. The Kier molecular flexibility index (Phi) is 3.70. The first-order chi connectivity index (χ1) is 10.2. The van der Waals surface area contributed by atoms with Gasteiger partial charge in [-0.05, 0) is 39.7 Å². The van der Waals surface area contributed by atoms with E-state index in [4.69, 9.17) is 9.15 Å². The summed E-state index contributed by atoms with van der Waals surface area (Å²) in [7, 11) is 1.51. The topological polar surface area (TPSA) is 67.5 Å². The third kappa shape index (κ3) is 2.67. The Balaban J connectivity index is 1.80. The molecule has 6 heteroatoms. The molecule has 1 aromatic heterocycles. The monoisotopic (exact) mass is 348 g/mol. The maximum Gasteiger partial charge on any atom is 0.295 e. The van der Waals surface area contributed by atoms with E-state index in [1.807, 2.05) is 30.3 Å². The van der Waals surface area contributed by atoms with E-state index in [9.17, 15) is 5.11 Å². The number of nitrogens with one attached hydrogen (secondary N) is 1. The number of methoxy groups -OCH3 is 1. The SMILES string of the molecule is COc1ccc(CNc2nc3ccccc3o2)c(Br)c1O. The Morgan fingerprint density at radius 3 is 2.86 bits per heavy atom. The maximum absolute atomic E-state index is 9.95. The van der Waals surface area contributed by atoms with Gasteiger partial charge in [-0.1, -0.05) is 18.2 Å². The molecule has 0 fully saturated rings. The van der Waals surface area contributed by atoms with Crippen LogP contribution in [0, 0.1) is 0 Å². The maximum atomic E-state index is 9.95. The van der Waals surface area contributed by atoms with Crippen molar-refractivity contribution in [1.29, 1.82) is 0 Å². The summed E-state index contributed by atoms with van der Waals surface area (Å²) in [6.07, 6.45) is 0. The highest BCUT2D eigenvalue weighted by molar-refractivity contribution is 9.10. The molecule has 0 bridgehead atoms. The predicted molar refractivity (Wildman–Crippen MR) is 83.7 cm³/mol. The number of anilines is 1. The molecule has 0 saturated carbocycles. The predicted octanol–water partition coefficient (Wildman–Crippen LogP) is 3.92. The number of benzene rings is 2. The fourth-order valence-electron chi connectivity index (χ4n) is 2.01. The number of aromatic hydroxyl groups is 1. The first-order valence-corrected chi connectivity index (χ1v) is 7.12. The van der Waals surface area contributed by atoms with E-state index in [-0.39, 0.29) is 5.75 Å². The number of oxazole rings is 1. The Hall–Kier alpha value is -2.21. The smallest absolute Gasteiger partial charge is 0.295 e. The van der Waals surface area contributed by atoms with Crippen LogP contribution < -0.4 is 10.1 Å². The standard InChI is InChI=1S/C15H13BrN2O3/c1-20-12-7-6-9(13(16)14(12)19)8-17-15-18-10-4-2-3-5-11(10)21-15/h2-7,19H,8H2,1H3,(H,17,18). The van der Waals surface area contributed by atoms with Crippen molar-refractivity contribution in [3.8, 4) is 11.5 Å². The van der Waals surface area contributed by atoms with Crippen LogP contribution in [-0.2, 0) is 6.54 Å². The zero-order valence-corrected chi connectivity index (χ0v) is 12.8. The minimum atomic E-state index is 0.0781. The molecule has 2 aromatic carbocycles. The Morgan fingerprint density at radius 2 is 2.10 bits per heavy atom. The molecule has 21 heavy (non-hydrogen) atoms. The number of hydrogen-bond donors (Lipinski definition) is 2. The summed E-state index contributed by atoms with van der Waals surface area (Å²) in [4.78, 5) is 4.33. The van der Waals surface area contributed by atoms with Gasteiger partial charge in [-0.15, -0.1) is 0 Å². The highest BCUT2D eigenvalue weighted by atomic mass is 79.9. The van der Waals surface area contributed by atoms with E-state index in [0.717, 1.165) is 16.7 Å². The van der Waals surface area contributed by atoms with E-state index in [1.165, 1.54) is 7.11 Å². The summed E-state index contributed by atoms with van der Waals surface area (Å²) in [5, 5.41) is 13.0. The van der Waals surface area contributed by atoms with Gasteiger partial charge in [0.25, 0.3) is 6.01 Å². The van der Waals surface area contributed by atoms with Crippen LogP contribution in [0.1, 0.15) is 5.56 Å². The Labute approximate surface area is 129 Å². The summed E-state index contributed by atoms with van der Waals surface area (Å²) < 4.78 is 11.2. The second-order valence-corrected chi connectivity index (χ2v) is 5.22. The molecule has 3 rings (SSSR count). The van der Waals surface area contributed by atoms with Gasteiger partial charge in [0.2, 0.25) is 0 Å². The molecule has 0 aliphatic rings. The fraction of sp³-hybridized carbons (Fsp3) is 0.133. The van der Waals surface area contributed by atoms with Crippen LogP contribution in [-0.4, -0.2) is 17.2 Å². The molecular weight excluding hydrogens is 336 g/mol. The van der Waals surface area contributed by atoms with Gasteiger partial charge in [0, 0.05) is 6.54 Å². The van der Waals surface area contributed by atoms with E-state index in [2.05, 4.69) is 26.2 Å². The summed E-state index contributed by atoms with van der Waals surface area (Å²) in [6.45, 7) is 0.463. The second kappa shape index (κ2) is 5.65. The van der Waals surface area contributed by atoms with Gasteiger partial charge < -0.3 is 19.6 Å². The Bertz CT molecular complexity index is 753. The number of phenols is 1. The number of phenolic OH excluding ortho intramolecular Hbond substituents is 1. The van der Waals surface area contributed by atoms with Crippen molar-refractivity contribution in [1.82, 2.24) is 4.98 Å². The summed E-state index contributed by atoms with van der Waals surface area (Å²) in [6, 6.07) is 11.6. The van der Waals surface area contributed by atoms with Crippen molar-refractivity contribution >= 4 is 33.0 Å². The number of fused-ring (bicyclic) bond motifs is 1. The third-order valence-electron chi connectivity index (χ3n) is 3.10. The molecule has 0 atom stereocenters. The normalized spacial score (nSPS) is 10.8. The first kappa shape index (κ1) is 13.8. The minimum absolute atomic E-state index is 0.0781. The number of para-hydroxylation sites is 2. The third-order valence-corrected chi connectivity index (χ3v) is 3.99. The largest absolute Gasteiger partial charge is 0.503 e. The lowest BCUT2D eigenvalue weighted by Crippen LogP contribution is -2.00. The number of halogens is 1. The van der Waals surface area contributed by atoms with Gasteiger partial charge in [0.05, 0.1) is 11.6 Å². The number of hydrogen-bond acceptors (Lipinski definition) is 5. The van der Waals surface area contributed by atoms with Gasteiger partial charge in [-0.3, -0.25) is 0 Å². The molecule has 0 radical (unpaired) electrons. The van der Waals surface area contributed by atoms with Crippen molar-refractivity contribution in [2.45, 2.75) is 6.54 Å². The molecule has 0 saturated heterocycles. The lowest BCUT2D eigenvalue weighted by Gasteiger charge is -2.10. The average molecular weight is 349 g/mol. The van der Waals surface area contributed by atoms with Crippen molar-refractivity contribution in [3.63, 3.8) is 0 Å². The molecule has 0 amide bonds. The average Bonchev–Trinajstić information content (AvgIpc) is 2.91. The molecule has 2 N–H and O–H groups in total. The number of nitrogens with zero attached hydrogens (tertiary/aromatic N) is 1. The van der Waals surface area contributed by atoms with Crippen molar-refractivity contribution in [2.24, 2.45) is 0 Å². The van der Waals surface area contributed by atoms with Crippen molar-refractivity contribution < 1.29 is 14.3 Å². The van der Waals surface area contributed by atoms with Crippen LogP contribution in [0.3, 0.4) is 0 Å².